The van der Waals surface area contributed by atoms with Crippen molar-refractivity contribution < 1.29 is 9.53 Å². The molecule has 3 N–H and O–H groups in total. The van der Waals surface area contributed by atoms with Crippen LogP contribution in [0.1, 0.15) is 43.6 Å². The Bertz CT molecular complexity index is 968. The molecule has 1 aromatic heterocycles. The Morgan fingerprint density at radius 2 is 1.83 bits per heavy atom. The molecule has 0 fully saturated rings. The van der Waals surface area contributed by atoms with E-state index in [4.69, 9.17) is 10.6 Å². The lowest BCUT2D eigenvalue weighted by molar-refractivity contribution is -0.113. The van der Waals surface area contributed by atoms with Crippen molar-refractivity contribution in [1.29, 1.82) is 0 Å². The fraction of sp³-hybridized carbons (Fsp3) is 0.318. The fourth-order valence-electron chi connectivity index (χ4n) is 2.75. The van der Waals surface area contributed by atoms with E-state index in [1.807, 2.05) is 48.5 Å². The molecule has 0 spiro atoms. The Morgan fingerprint density at radius 1 is 1.13 bits per heavy atom. The van der Waals surface area contributed by atoms with Crippen LogP contribution in [-0.2, 0) is 17.8 Å². The summed E-state index contributed by atoms with van der Waals surface area (Å²) in [6.45, 7) is 6.58. The first-order chi connectivity index (χ1) is 14.5. The molecule has 0 atom stereocenters. The largest absolute Gasteiger partial charge is 0.486 e. The standard InChI is InChI=1S/C22H27N5O2S/c1-4-16-5-9-18(10-6-16)24-21(28)14-30-22-26-25-20(27(22)23)13-29-19-11-7-17(8-12-19)15(2)3/h5-12,15H,4,13-14,23H2,1-3H3,(H,24,28). The molecule has 7 nitrogen and oxygen atoms in total. The van der Waals surface area contributed by atoms with Gasteiger partial charge in [-0.3, -0.25) is 4.79 Å². The molecular formula is C22H27N5O2S. The number of hydrogen-bond donors (Lipinski definition) is 2. The zero-order valence-corrected chi connectivity index (χ0v) is 18.3. The average molecular weight is 426 g/mol. The van der Waals surface area contributed by atoms with Gasteiger partial charge in [0.25, 0.3) is 0 Å². The SMILES string of the molecule is CCc1ccc(NC(=O)CSc2nnc(COc3ccc(C(C)C)cc3)n2N)cc1. The topological polar surface area (TPSA) is 95.1 Å². The van der Waals surface area contributed by atoms with E-state index in [1.54, 1.807) is 0 Å². The molecule has 0 aliphatic rings. The van der Waals surface area contributed by atoms with Gasteiger partial charge in [-0.05, 0) is 47.7 Å². The Balaban J connectivity index is 1.50. The first-order valence-electron chi connectivity index (χ1n) is 9.90. The van der Waals surface area contributed by atoms with Crippen LogP contribution in [0, 0.1) is 0 Å². The number of amides is 1. The maximum Gasteiger partial charge on any atom is 0.234 e. The van der Waals surface area contributed by atoms with Gasteiger partial charge in [0, 0.05) is 5.69 Å². The lowest BCUT2D eigenvalue weighted by Gasteiger charge is -2.09. The van der Waals surface area contributed by atoms with Crippen molar-refractivity contribution in [1.82, 2.24) is 14.9 Å². The summed E-state index contributed by atoms with van der Waals surface area (Å²) in [5.74, 6) is 7.81. The van der Waals surface area contributed by atoms with E-state index >= 15 is 0 Å². The number of aryl methyl sites for hydroxylation is 1. The zero-order valence-electron chi connectivity index (χ0n) is 17.5. The highest BCUT2D eigenvalue weighted by Gasteiger charge is 2.13. The molecule has 0 bridgehead atoms. The summed E-state index contributed by atoms with van der Waals surface area (Å²) in [6, 6.07) is 15.8. The Hall–Kier alpha value is -3.00. The van der Waals surface area contributed by atoms with Crippen molar-refractivity contribution in [2.24, 2.45) is 0 Å². The van der Waals surface area contributed by atoms with E-state index in [9.17, 15) is 4.79 Å². The van der Waals surface area contributed by atoms with E-state index in [1.165, 1.54) is 27.6 Å². The predicted molar refractivity (Wildman–Crippen MR) is 120 cm³/mol. The summed E-state index contributed by atoms with van der Waals surface area (Å²) in [5, 5.41) is 11.5. The Kier molecular flexibility index (Phi) is 7.35. The van der Waals surface area contributed by atoms with Crippen LogP contribution in [0.2, 0.25) is 0 Å². The molecule has 158 valence electrons. The number of nitrogen functional groups attached to an aromatic ring is 1. The average Bonchev–Trinajstić information content (AvgIpc) is 3.11. The Morgan fingerprint density at radius 3 is 2.47 bits per heavy atom. The molecule has 1 heterocycles. The molecule has 1 amide bonds. The number of nitrogens with zero attached hydrogens (tertiary/aromatic N) is 3. The van der Waals surface area contributed by atoms with Crippen LogP contribution >= 0.6 is 11.8 Å². The minimum Gasteiger partial charge on any atom is -0.486 e. The van der Waals surface area contributed by atoms with Crippen LogP contribution in [-0.4, -0.2) is 26.5 Å². The molecule has 8 heteroatoms. The number of carbonyl (C=O) groups excluding carboxylic acids is 1. The number of anilines is 1. The van der Waals surface area contributed by atoms with Gasteiger partial charge in [-0.1, -0.05) is 56.8 Å². The van der Waals surface area contributed by atoms with Crippen LogP contribution < -0.4 is 15.9 Å². The van der Waals surface area contributed by atoms with Gasteiger partial charge in [0.05, 0.1) is 5.75 Å². The maximum absolute atomic E-state index is 12.2. The van der Waals surface area contributed by atoms with E-state index in [0.29, 0.717) is 16.9 Å². The maximum atomic E-state index is 12.2. The number of hydrogen-bond acceptors (Lipinski definition) is 6. The summed E-state index contributed by atoms with van der Waals surface area (Å²) in [5.41, 5.74) is 3.25. The molecule has 3 rings (SSSR count). The van der Waals surface area contributed by atoms with Gasteiger partial charge in [-0.25, -0.2) is 4.68 Å². The van der Waals surface area contributed by atoms with Gasteiger partial charge in [0.2, 0.25) is 11.1 Å². The summed E-state index contributed by atoms with van der Waals surface area (Å²) >= 11 is 1.23. The molecule has 0 unspecified atom stereocenters. The highest BCUT2D eigenvalue weighted by atomic mass is 32.2. The number of ether oxygens (including phenoxy) is 1. The van der Waals surface area contributed by atoms with Crippen LogP contribution in [0.5, 0.6) is 5.75 Å². The first-order valence-corrected chi connectivity index (χ1v) is 10.9. The van der Waals surface area contributed by atoms with E-state index in [2.05, 4.69) is 36.3 Å². The quantitative estimate of drug-likeness (QED) is 0.398. The van der Waals surface area contributed by atoms with Gasteiger partial charge in [0.15, 0.2) is 5.82 Å². The third-order valence-electron chi connectivity index (χ3n) is 4.63. The van der Waals surface area contributed by atoms with Gasteiger partial charge in [-0.2, -0.15) is 0 Å². The molecule has 30 heavy (non-hydrogen) atoms. The van der Waals surface area contributed by atoms with Gasteiger partial charge in [-0.15, -0.1) is 10.2 Å². The molecule has 3 aromatic rings. The molecule has 0 saturated heterocycles. The minimum absolute atomic E-state index is 0.129. The molecule has 2 aromatic carbocycles. The smallest absolute Gasteiger partial charge is 0.234 e. The number of carbonyl (C=O) groups is 1. The number of rotatable bonds is 9. The van der Waals surface area contributed by atoms with Crippen LogP contribution in [0.15, 0.2) is 53.7 Å². The van der Waals surface area contributed by atoms with Crippen molar-refractivity contribution in [3.63, 3.8) is 0 Å². The predicted octanol–water partition coefficient (Wildman–Crippen LogP) is 3.99. The first kappa shape index (κ1) is 21.7. The molecule has 0 aliphatic carbocycles. The number of aromatic nitrogens is 3. The third-order valence-corrected chi connectivity index (χ3v) is 5.57. The van der Waals surface area contributed by atoms with E-state index in [-0.39, 0.29) is 18.3 Å². The van der Waals surface area contributed by atoms with Gasteiger partial charge in [0.1, 0.15) is 12.4 Å². The summed E-state index contributed by atoms with van der Waals surface area (Å²) in [7, 11) is 0. The third kappa shape index (κ3) is 5.76. The number of nitrogens with one attached hydrogen (secondary N) is 1. The highest BCUT2D eigenvalue weighted by molar-refractivity contribution is 7.99. The van der Waals surface area contributed by atoms with Crippen LogP contribution in [0.3, 0.4) is 0 Å². The zero-order chi connectivity index (χ0) is 21.5. The molecular weight excluding hydrogens is 398 g/mol. The van der Waals surface area contributed by atoms with Crippen molar-refractivity contribution >= 4 is 23.4 Å². The van der Waals surface area contributed by atoms with E-state index < -0.39 is 0 Å². The number of nitrogens with two attached hydrogens (primary N) is 1. The lowest BCUT2D eigenvalue weighted by atomic mass is 10.0. The Labute approximate surface area is 181 Å². The molecule has 0 aliphatic heterocycles. The molecule has 0 radical (unpaired) electrons. The van der Waals surface area contributed by atoms with Crippen molar-refractivity contribution in [3.8, 4) is 5.75 Å². The van der Waals surface area contributed by atoms with E-state index in [0.717, 1.165) is 17.9 Å². The molecule has 0 saturated carbocycles. The normalized spacial score (nSPS) is 10.9. The second-order valence-electron chi connectivity index (χ2n) is 7.17. The van der Waals surface area contributed by atoms with Crippen LogP contribution in [0.25, 0.3) is 0 Å². The lowest BCUT2D eigenvalue weighted by Crippen LogP contribution is -2.18. The van der Waals surface area contributed by atoms with Gasteiger partial charge < -0.3 is 15.9 Å². The minimum atomic E-state index is -0.129. The van der Waals surface area contributed by atoms with Crippen LogP contribution in [0.4, 0.5) is 5.69 Å². The summed E-state index contributed by atoms with van der Waals surface area (Å²) < 4.78 is 7.11. The highest BCUT2D eigenvalue weighted by Crippen LogP contribution is 2.20. The number of thioether (sulfide) groups is 1. The fourth-order valence-corrected chi connectivity index (χ4v) is 3.43. The van der Waals surface area contributed by atoms with Crippen molar-refractivity contribution in [2.75, 3.05) is 16.9 Å². The van der Waals surface area contributed by atoms with Crippen molar-refractivity contribution in [3.05, 3.63) is 65.5 Å². The second kappa shape index (κ2) is 10.2. The van der Waals surface area contributed by atoms with Gasteiger partial charge >= 0.3 is 0 Å². The second-order valence-corrected chi connectivity index (χ2v) is 8.11. The summed E-state index contributed by atoms with van der Waals surface area (Å²) in [6.07, 6.45) is 0.964. The summed E-state index contributed by atoms with van der Waals surface area (Å²) in [4.78, 5) is 12.2. The number of benzene rings is 2. The monoisotopic (exact) mass is 425 g/mol. The van der Waals surface area contributed by atoms with Crippen molar-refractivity contribution in [2.45, 2.75) is 44.9 Å².